The van der Waals surface area contributed by atoms with Gasteiger partial charge in [-0.25, -0.2) is 16.8 Å². The third-order valence-electron chi connectivity index (χ3n) is 6.93. The molecule has 0 aromatic heterocycles. The van der Waals surface area contributed by atoms with Gasteiger partial charge < -0.3 is 9.47 Å². The van der Waals surface area contributed by atoms with E-state index >= 15 is 0 Å². The van der Waals surface area contributed by atoms with E-state index in [2.05, 4.69) is 6.92 Å². The Bertz CT molecular complexity index is 1260. The highest BCUT2D eigenvalue weighted by molar-refractivity contribution is 8.09. The van der Waals surface area contributed by atoms with Gasteiger partial charge in [0.05, 0.1) is 35.2 Å². The summed E-state index contributed by atoms with van der Waals surface area (Å²) >= 11 is 0. The summed E-state index contributed by atoms with van der Waals surface area (Å²) in [6.45, 7) is 4.89. The molecule has 0 aliphatic carbocycles. The third kappa shape index (κ3) is 9.26. The van der Waals surface area contributed by atoms with Crippen LogP contribution in [0, 0.1) is 0 Å². The molecule has 3 aromatic rings. The van der Waals surface area contributed by atoms with Crippen molar-refractivity contribution >= 4 is 19.7 Å². The van der Waals surface area contributed by atoms with Gasteiger partial charge in [0.1, 0.15) is 0 Å². The second-order valence-corrected chi connectivity index (χ2v) is 14.6. The minimum atomic E-state index is -4.23. The highest BCUT2D eigenvalue weighted by Gasteiger charge is 2.42. The molecule has 3 rings (SSSR count). The standard InChI is InChI=1S/C32H42O6S2/c1-3-5-6-12-19-29(38-28(4-2)26-37-25-27-17-10-7-11-18-27)24-32(39(33,34)30-20-13-8-14-21-30)40(35,36)31-22-15-9-16-23-31/h7-11,13-18,20-23,28-29,32H,3-6,12,19,24-26H2,1-2H3/t28?,29-/m0/s1. The largest absolute Gasteiger partial charge is 0.374 e. The van der Waals surface area contributed by atoms with Crippen molar-refractivity contribution in [2.75, 3.05) is 6.61 Å². The topological polar surface area (TPSA) is 86.7 Å². The van der Waals surface area contributed by atoms with E-state index in [1.807, 2.05) is 37.3 Å². The van der Waals surface area contributed by atoms with Crippen LogP contribution < -0.4 is 0 Å². The van der Waals surface area contributed by atoms with Crippen molar-refractivity contribution in [2.45, 2.75) is 92.0 Å². The fraction of sp³-hybridized carbons (Fsp3) is 0.438. The van der Waals surface area contributed by atoms with E-state index in [1.54, 1.807) is 36.4 Å². The number of benzene rings is 3. The Hall–Kier alpha value is -2.52. The zero-order valence-electron chi connectivity index (χ0n) is 23.5. The predicted octanol–water partition coefficient (Wildman–Crippen LogP) is 7.00. The molecule has 0 bridgehead atoms. The van der Waals surface area contributed by atoms with Gasteiger partial charge in [-0.15, -0.1) is 0 Å². The molecule has 0 spiro atoms. The highest BCUT2D eigenvalue weighted by atomic mass is 32.3. The van der Waals surface area contributed by atoms with E-state index in [1.165, 1.54) is 24.3 Å². The average molecular weight is 587 g/mol. The SMILES string of the molecule is CCCCCC[C@@H](CC(S(=O)(=O)c1ccccc1)S(=O)(=O)c1ccccc1)OC(CC)COCc1ccccc1. The second kappa shape index (κ2) is 16.1. The van der Waals surface area contributed by atoms with Gasteiger partial charge in [0, 0.05) is 6.42 Å². The molecule has 3 aromatic carbocycles. The number of rotatable bonds is 18. The van der Waals surface area contributed by atoms with Crippen molar-refractivity contribution in [1.29, 1.82) is 0 Å². The Morgan fingerprint density at radius 1 is 0.650 bits per heavy atom. The van der Waals surface area contributed by atoms with Gasteiger partial charge in [-0.2, -0.15) is 0 Å². The summed E-state index contributed by atoms with van der Waals surface area (Å²) in [5.74, 6) is 0. The molecule has 218 valence electrons. The van der Waals surface area contributed by atoms with Crippen molar-refractivity contribution in [3.63, 3.8) is 0 Å². The minimum absolute atomic E-state index is 0.0116. The lowest BCUT2D eigenvalue weighted by Crippen LogP contribution is -2.37. The number of unbranched alkanes of at least 4 members (excludes halogenated alkanes) is 3. The van der Waals surface area contributed by atoms with Crippen LogP contribution in [0.15, 0.2) is 101 Å². The first kappa shape index (κ1) is 32.0. The van der Waals surface area contributed by atoms with Crippen LogP contribution in [-0.2, 0) is 35.8 Å². The lowest BCUT2D eigenvalue weighted by atomic mass is 10.1. The fourth-order valence-corrected chi connectivity index (χ4v) is 9.22. The Kier molecular flexibility index (Phi) is 12.8. The minimum Gasteiger partial charge on any atom is -0.374 e. The predicted molar refractivity (Wildman–Crippen MR) is 159 cm³/mol. The van der Waals surface area contributed by atoms with Crippen LogP contribution in [0.2, 0.25) is 0 Å². The van der Waals surface area contributed by atoms with E-state index in [0.717, 1.165) is 31.2 Å². The van der Waals surface area contributed by atoms with Crippen LogP contribution in [0.5, 0.6) is 0 Å². The van der Waals surface area contributed by atoms with Gasteiger partial charge in [0.2, 0.25) is 0 Å². The Morgan fingerprint density at radius 2 is 1.18 bits per heavy atom. The maximum absolute atomic E-state index is 13.9. The molecule has 0 fully saturated rings. The Labute approximate surface area is 240 Å². The van der Waals surface area contributed by atoms with E-state index in [0.29, 0.717) is 26.1 Å². The van der Waals surface area contributed by atoms with Crippen LogP contribution in [-0.4, -0.2) is 40.2 Å². The molecule has 0 aliphatic rings. The highest BCUT2D eigenvalue weighted by Crippen LogP contribution is 2.31. The first-order valence-electron chi connectivity index (χ1n) is 14.1. The van der Waals surface area contributed by atoms with E-state index in [4.69, 9.17) is 9.47 Å². The van der Waals surface area contributed by atoms with Crippen LogP contribution in [0.3, 0.4) is 0 Å². The van der Waals surface area contributed by atoms with Gasteiger partial charge in [0.25, 0.3) is 0 Å². The van der Waals surface area contributed by atoms with Gasteiger partial charge in [-0.05, 0) is 42.7 Å². The molecule has 0 aliphatic heterocycles. The van der Waals surface area contributed by atoms with Gasteiger partial charge in [-0.1, -0.05) is 106 Å². The third-order valence-corrected chi connectivity index (χ3v) is 12.1. The molecule has 0 saturated heterocycles. The van der Waals surface area contributed by atoms with Crippen molar-refractivity contribution in [3.8, 4) is 0 Å². The average Bonchev–Trinajstić information content (AvgIpc) is 2.98. The molecular formula is C32H42O6S2. The summed E-state index contributed by atoms with van der Waals surface area (Å²) in [4.78, 5) is -0.0232. The number of ether oxygens (including phenoxy) is 2. The molecule has 0 saturated carbocycles. The summed E-state index contributed by atoms with van der Waals surface area (Å²) in [7, 11) is -8.46. The van der Waals surface area contributed by atoms with E-state index in [9.17, 15) is 16.8 Å². The normalized spacial score (nSPS) is 13.8. The van der Waals surface area contributed by atoms with Crippen LogP contribution in [0.1, 0.15) is 64.4 Å². The number of hydrogen-bond donors (Lipinski definition) is 0. The van der Waals surface area contributed by atoms with E-state index < -0.39 is 30.4 Å². The van der Waals surface area contributed by atoms with E-state index in [-0.39, 0.29) is 22.3 Å². The molecule has 8 heteroatoms. The first-order chi connectivity index (χ1) is 19.3. The molecular weight excluding hydrogens is 544 g/mol. The zero-order valence-corrected chi connectivity index (χ0v) is 25.2. The molecule has 0 radical (unpaired) electrons. The Balaban J connectivity index is 1.87. The van der Waals surface area contributed by atoms with Crippen LogP contribution in [0.4, 0.5) is 0 Å². The maximum Gasteiger partial charge on any atom is 0.196 e. The van der Waals surface area contributed by atoms with Crippen molar-refractivity contribution in [3.05, 3.63) is 96.6 Å². The van der Waals surface area contributed by atoms with Gasteiger partial charge in [-0.3, -0.25) is 0 Å². The van der Waals surface area contributed by atoms with Gasteiger partial charge >= 0.3 is 0 Å². The van der Waals surface area contributed by atoms with Crippen molar-refractivity contribution in [1.82, 2.24) is 0 Å². The van der Waals surface area contributed by atoms with Crippen molar-refractivity contribution < 1.29 is 26.3 Å². The second-order valence-electron chi connectivity index (χ2n) is 10.0. The maximum atomic E-state index is 13.9. The number of sulfone groups is 2. The quantitative estimate of drug-likeness (QED) is 0.149. The molecule has 0 amide bonds. The summed E-state index contributed by atoms with van der Waals surface area (Å²) in [6.07, 6.45) is 4.12. The van der Waals surface area contributed by atoms with Crippen LogP contribution >= 0.6 is 0 Å². The Morgan fingerprint density at radius 3 is 1.68 bits per heavy atom. The monoisotopic (exact) mass is 586 g/mol. The summed E-state index contributed by atoms with van der Waals surface area (Å²) in [5.41, 5.74) is 1.05. The molecule has 1 unspecified atom stereocenters. The molecule has 0 heterocycles. The lowest BCUT2D eigenvalue weighted by Gasteiger charge is -2.28. The summed E-state index contributed by atoms with van der Waals surface area (Å²) in [5, 5.41) is 0. The number of hydrogen-bond acceptors (Lipinski definition) is 6. The summed E-state index contributed by atoms with van der Waals surface area (Å²) in [6, 6.07) is 25.5. The molecule has 2 atom stereocenters. The first-order valence-corrected chi connectivity index (χ1v) is 17.2. The van der Waals surface area contributed by atoms with Crippen molar-refractivity contribution in [2.24, 2.45) is 0 Å². The smallest absolute Gasteiger partial charge is 0.196 e. The van der Waals surface area contributed by atoms with Crippen LogP contribution in [0.25, 0.3) is 0 Å². The molecule has 0 N–H and O–H groups in total. The molecule has 40 heavy (non-hydrogen) atoms. The fourth-order valence-electron chi connectivity index (χ4n) is 4.61. The van der Waals surface area contributed by atoms with Gasteiger partial charge in [0.15, 0.2) is 24.3 Å². The summed E-state index contributed by atoms with van der Waals surface area (Å²) < 4.78 is 66.3. The zero-order chi connectivity index (χ0) is 28.8. The molecule has 6 nitrogen and oxygen atoms in total. The lowest BCUT2D eigenvalue weighted by molar-refractivity contribution is -0.0665.